The average molecular weight is 238 g/mol. The molecule has 3 heteroatoms. The molecule has 1 fully saturated rings. The molecule has 0 amide bonds. The van der Waals surface area contributed by atoms with Crippen molar-refractivity contribution in [1.82, 2.24) is 0 Å². The standard InChI is InChI=1S/C14H22O3/c1-8-10-6-7-14(17-10,9(2)11(8)15)12(16)13(3,4)5/h6-10,12,16H,1-5H3/t8-,9-,10+,12-,14-/m0/s1. The Morgan fingerprint density at radius 1 is 1.41 bits per heavy atom. The summed E-state index contributed by atoms with van der Waals surface area (Å²) in [5.74, 6) is -0.208. The zero-order valence-corrected chi connectivity index (χ0v) is 11.2. The highest BCUT2D eigenvalue weighted by atomic mass is 16.5. The minimum Gasteiger partial charge on any atom is -0.389 e. The molecule has 0 unspecified atom stereocenters. The zero-order valence-electron chi connectivity index (χ0n) is 11.2. The van der Waals surface area contributed by atoms with Gasteiger partial charge >= 0.3 is 0 Å². The summed E-state index contributed by atoms with van der Waals surface area (Å²) in [5.41, 5.74) is -1.14. The van der Waals surface area contributed by atoms with E-state index in [9.17, 15) is 9.90 Å². The Kier molecular flexibility index (Phi) is 2.75. The van der Waals surface area contributed by atoms with E-state index >= 15 is 0 Å². The number of carbonyl (C=O) groups excluding carboxylic acids is 1. The van der Waals surface area contributed by atoms with Gasteiger partial charge in [0, 0.05) is 5.92 Å². The van der Waals surface area contributed by atoms with E-state index in [0.29, 0.717) is 0 Å². The lowest BCUT2D eigenvalue weighted by molar-refractivity contribution is -0.195. The monoisotopic (exact) mass is 238 g/mol. The number of aliphatic hydroxyl groups is 1. The van der Waals surface area contributed by atoms with E-state index in [1.165, 1.54) is 0 Å². The third kappa shape index (κ3) is 1.67. The van der Waals surface area contributed by atoms with E-state index in [1.54, 1.807) is 0 Å². The van der Waals surface area contributed by atoms with Crippen LogP contribution in [0.2, 0.25) is 0 Å². The molecule has 0 saturated carbocycles. The summed E-state index contributed by atoms with van der Waals surface area (Å²) in [5, 5.41) is 10.5. The molecule has 2 rings (SSSR count). The lowest BCUT2D eigenvalue weighted by atomic mass is 9.69. The Balaban J connectivity index is 2.39. The molecule has 0 aromatic carbocycles. The number of ether oxygens (including phenoxy) is 1. The quantitative estimate of drug-likeness (QED) is 0.710. The van der Waals surface area contributed by atoms with Gasteiger partial charge in [-0.15, -0.1) is 0 Å². The first-order valence-corrected chi connectivity index (χ1v) is 6.29. The van der Waals surface area contributed by atoms with Crippen molar-refractivity contribution < 1.29 is 14.6 Å². The molecule has 0 radical (unpaired) electrons. The highest BCUT2D eigenvalue weighted by molar-refractivity contribution is 5.86. The second kappa shape index (κ2) is 3.66. The Labute approximate surface area is 103 Å². The van der Waals surface area contributed by atoms with Crippen LogP contribution in [0.1, 0.15) is 34.6 Å². The number of aliphatic hydroxyl groups excluding tert-OH is 1. The first-order valence-electron chi connectivity index (χ1n) is 6.29. The SMILES string of the molecule is C[C@@H]1C(=O)[C@H](C)[C@]2([C@@H](O)C(C)(C)C)C=C[C@H]1O2. The van der Waals surface area contributed by atoms with Gasteiger partial charge in [-0.3, -0.25) is 4.79 Å². The largest absolute Gasteiger partial charge is 0.389 e. The summed E-state index contributed by atoms with van der Waals surface area (Å²) in [4.78, 5) is 12.2. The number of Topliss-reactive ketones (excluding diaryl/α,β-unsaturated/α-hetero) is 1. The molecule has 2 heterocycles. The molecule has 0 aromatic rings. The fourth-order valence-electron chi connectivity index (χ4n) is 2.92. The van der Waals surface area contributed by atoms with Crippen molar-refractivity contribution in [3.05, 3.63) is 12.2 Å². The van der Waals surface area contributed by atoms with Crippen molar-refractivity contribution in [2.75, 3.05) is 0 Å². The van der Waals surface area contributed by atoms with Crippen molar-refractivity contribution in [2.24, 2.45) is 17.3 Å². The van der Waals surface area contributed by atoms with Crippen LogP contribution in [0.3, 0.4) is 0 Å². The van der Waals surface area contributed by atoms with Crippen LogP contribution in [0.5, 0.6) is 0 Å². The number of hydrogen-bond acceptors (Lipinski definition) is 3. The van der Waals surface area contributed by atoms with Crippen LogP contribution in [-0.2, 0) is 9.53 Å². The summed E-state index contributed by atoms with van der Waals surface area (Å²) in [6.07, 6.45) is 2.99. The molecular weight excluding hydrogens is 216 g/mol. The molecule has 3 nitrogen and oxygen atoms in total. The van der Waals surface area contributed by atoms with Crippen LogP contribution in [0.4, 0.5) is 0 Å². The van der Waals surface area contributed by atoms with Crippen LogP contribution in [-0.4, -0.2) is 28.7 Å². The van der Waals surface area contributed by atoms with Gasteiger partial charge in [0.25, 0.3) is 0 Å². The summed E-state index contributed by atoms with van der Waals surface area (Å²) < 4.78 is 5.99. The summed E-state index contributed by atoms with van der Waals surface area (Å²) >= 11 is 0. The van der Waals surface area contributed by atoms with Crippen LogP contribution in [0.25, 0.3) is 0 Å². The Morgan fingerprint density at radius 2 is 2.00 bits per heavy atom. The first kappa shape index (κ1) is 12.8. The summed E-state index contributed by atoms with van der Waals surface area (Å²) in [6.45, 7) is 9.65. The van der Waals surface area contributed by atoms with Gasteiger partial charge in [0.1, 0.15) is 11.4 Å². The average Bonchev–Trinajstić information content (AvgIpc) is 2.65. The minimum atomic E-state index is -0.827. The van der Waals surface area contributed by atoms with Gasteiger partial charge in [0.05, 0.1) is 18.1 Å². The predicted molar refractivity (Wildman–Crippen MR) is 65.5 cm³/mol. The smallest absolute Gasteiger partial charge is 0.144 e. The molecule has 96 valence electrons. The van der Waals surface area contributed by atoms with Gasteiger partial charge in [0.2, 0.25) is 0 Å². The molecule has 1 saturated heterocycles. The van der Waals surface area contributed by atoms with Gasteiger partial charge < -0.3 is 9.84 Å². The topological polar surface area (TPSA) is 46.5 Å². The summed E-state index contributed by atoms with van der Waals surface area (Å²) in [6, 6.07) is 0. The molecule has 0 aliphatic carbocycles. The van der Waals surface area contributed by atoms with E-state index < -0.39 is 11.7 Å². The van der Waals surface area contributed by atoms with Crippen LogP contribution in [0.15, 0.2) is 12.2 Å². The molecule has 0 aromatic heterocycles. The molecule has 0 spiro atoms. The molecule has 5 atom stereocenters. The van der Waals surface area contributed by atoms with E-state index in [4.69, 9.17) is 4.74 Å². The minimum absolute atomic E-state index is 0.107. The first-order chi connectivity index (χ1) is 7.70. The van der Waals surface area contributed by atoms with Crippen molar-refractivity contribution in [1.29, 1.82) is 0 Å². The third-order valence-electron chi connectivity index (χ3n) is 4.18. The van der Waals surface area contributed by atoms with Gasteiger partial charge in [0.15, 0.2) is 0 Å². The summed E-state index contributed by atoms with van der Waals surface area (Å²) in [7, 11) is 0. The molecule has 17 heavy (non-hydrogen) atoms. The fraction of sp³-hybridized carbons (Fsp3) is 0.786. The maximum Gasteiger partial charge on any atom is 0.144 e. The second-order valence-electron chi connectivity index (χ2n) is 6.48. The molecule has 2 bridgehead atoms. The zero-order chi connectivity index (χ0) is 13.0. The van der Waals surface area contributed by atoms with Crippen molar-refractivity contribution in [2.45, 2.75) is 52.4 Å². The molecule has 1 N–H and O–H groups in total. The molecule has 2 aliphatic rings. The number of fused-ring (bicyclic) bond motifs is 2. The number of carbonyl (C=O) groups is 1. The maximum absolute atomic E-state index is 12.2. The van der Waals surface area contributed by atoms with Crippen molar-refractivity contribution in [3.8, 4) is 0 Å². The Bertz CT molecular complexity index is 366. The van der Waals surface area contributed by atoms with E-state index in [-0.39, 0.29) is 29.1 Å². The van der Waals surface area contributed by atoms with Crippen LogP contribution < -0.4 is 0 Å². The maximum atomic E-state index is 12.2. The number of ketones is 1. The normalized spacial score (nSPS) is 42.9. The lowest BCUT2D eigenvalue weighted by Crippen LogP contribution is -2.59. The van der Waals surface area contributed by atoms with Crippen molar-refractivity contribution in [3.63, 3.8) is 0 Å². The van der Waals surface area contributed by atoms with E-state index in [2.05, 4.69) is 0 Å². The number of hydrogen-bond donors (Lipinski definition) is 1. The van der Waals surface area contributed by atoms with E-state index in [0.717, 1.165) is 0 Å². The van der Waals surface area contributed by atoms with Crippen LogP contribution >= 0.6 is 0 Å². The van der Waals surface area contributed by atoms with Gasteiger partial charge in [-0.2, -0.15) is 0 Å². The highest BCUT2D eigenvalue weighted by Gasteiger charge is 2.57. The van der Waals surface area contributed by atoms with Gasteiger partial charge in [-0.05, 0) is 5.41 Å². The van der Waals surface area contributed by atoms with E-state index in [1.807, 2.05) is 46.8 Å². The van der Waals surface area contributed by atoms with Crippen molar-refractivity contribution >= 4 is 5.78 Å². The van der Waals surface area contributed by atoms with Gasteiger partial charge in [-0.1, -0.05) is 46.8 Å². The highest BCUT2D eigenvalue weighted by Crippen LogP contribution is 2.47. The Hall–Kier alpha value is -0.670. The third-order valence-corrected chi connectivity index (χ3v) is 4.18. The van der Waals surface area contributed by atoms with Gasteiger partial charge in [-0.25, -0.2) is 0 Å². The lowest BCUT2D eigenvalue weighted by Gasteiger charge is -2.47. The molecular formula is C14H22O3. The number of rotatable bonds is 1. The molecule has 2 aliphatic heterocycles. The fourth-order valence-corrected chi connectivity index (χ4v) is 2.92. The van der Waals surface area contributed by atoms with Crippen LogP contribution in [0, 0.1) is 17.3 Å². The Morgan fingerprint density at radius 3 is 2.53 bits per heavy atom. The predicted octanol–water partition coefficient (Wildman–Crippen LogP) is 1.94. The second-order valence-corrected chi connectivity index (χ2v) is 6.48.